The number of aryl methyl sites for hydroxylation is 1. The zero-order chi connectivity index (χ0) is 10.0. The number of carboxylic acids is 2. The van der Waals surface area contributed by atoms with Crippen LogP contribution in [-0.4, -0.2) is 22.2 Å². The van der Waals surface area contributed by atoms with Gasteiger partial charge in [-0.3, -0.25) is 0 Å². The van der Waals surface area contributed by atoms with Gasteiger partial charge in [-0.15, -0.1) is 0 Å². The fourth-order valence-corrected chi connectivity index (χ4v) is 0.951. The lowest BCUT2D eigenvalue weighted by Crippen LogP contribution is -2.22. The van der Waals surface area contributed by atoms with Crippen LogP contribution in [0, 0.1) is 6.92 Å². The molecule has 5 heteroatoms. The highest BCUT2D eigenvalue weighted by molar-refractivity contribution is 5.99. The van der Waals surface area contributed by atoms with Crippen LogP contribution in [0.15, 0.2) is 12.3 Å². The van der Waals surface area contributed by atoms with Gasteiger partial charge in [-0.1, -0.05) is 0 Å². The maximum Gasteiger partial charge on any atom is 0.402 e. The molecule has 1 rings (SSSR count). The number of carboxylic acid groups (broad SMARTS) is 2. The minimum Gasteiger partial charge on any atom is -0.477 e. The van der Waals surface area contributed by atoms with E-state index in [1.165, 1.54) is 12.3 Å². The second-order valence-electron chi connectivity index (χ2n) is 2.58. The van der Waals surface area contributed by atoms with Crippen LogP contribution in [-0.2, 0) is 0 Å². The molecule has 0 saturated carbocycles. The molecular weight excluding hydrogens is 174 g/mol. The topological polar surface area (TPSA) is 88.7 Å². The van der Waals surface area contributed by atoms with E-state index in [-0.39, 0.29) is 11.3 Å². The number of rotatable bonds is 2. The number of pyridine rings is 1. The molecule has 0 amide bonds. The second-order valence-corrected chi connectivity index (χ2v) is 2.58. The van der Waals surface area contributed by atoms with E-state index >= 15 is 0 Å². The molecule has 0 aromatic carbocycles. The van der Waals surface area contributed by atoms with Crippen LogP contribution >= 0.6 is 0 Å². The van der Waals surface area contributed by atoms with Crippen LogP contribution in [0.25, 0.3) is 0 Å². The van der Waals surface area contributed by atoms with Gasteiger partial charge in [0.05, 0.1) is 0 Å². The van der Waals surface area contributed by atoms with Crippen molar-refractivity contribution in [2.45, 2.75) is 6.92 Å². The quantitative estimate of drug-likeness (QED) is 0.684. The first kappa shape index (κ1) is 9.18. The summed E-state index contributed by atoms with van der Waals surface area (Å²) in [5.74, 6) is -2.53. The molecule has 0 aliphatic rings. The Bertz CT molecular complexity index is 372. The van der Waals surface area contributed by atoms with Crippen molar-refractivity contribution < 1.29 is 24.8 Å². The van der Waals surface area contributed by atoms with Gasteiger partial charge >= 0.3 is 17.6 Å². The van der Waals surface area contributed by atoms with Crippen molar-refractivity contribution in [3.05, 3.63) is 29.1 Å². The Morgan fingerprint density at radius 3 is 2.38 bits per heavy atom. The van der Waals surface area contributed by atoms with Crippen molar-refractivity contribution in [3.63, 3.8) is 0 Å². The third-order valence-electron chi connectivity index (χ3n) is 1.53. The molecule has 1 aromatic heterocycles. The SMILES string of the molecule is Cc1c[nH+]c(C(=O)O)c(C(=O)O)c1. The summed E-state index contributed by atoms with van der Waals surface area (Å²) in [7, 11) is 0. The van der Waals surface area contributed by atoms with E-state index in [4.69, 9.17) is 10.2 Å². The average molecular weight is 182 g/mol. The second kappa shape index (κ2) is 3.22. The minimum atomic E-state index is -1.28. The van der Waals surface area contributed by atoms with Gasteiger partial charge in [-0.25, -0.2) is 14.6 Å². The van der Waals surface area contributed by atoms with Crippen molar-refractivity contribution in [1.29, 1.82) is 0 Å². The fourth-order valence-electron chi connectivity index (χ4n) is 0.951. The van der Waals surface area contributed by atoms with Crippen LogP contribution in [0.1, 0.15) is 26.4 Å². The molecule has 1 aromatic rings. The number of aromatic amines is 1. The molecule has 0 saturated heterocycles. The van der Waals surface area contributed by atoms with Gasteiger partial charge in [-0.05, 0) is 13.0 Å². The van der Waals surface area contributed by atoms with Gasteiger partial charge in [0, 0.05) is 5.56 Å². The molecular formula is C8H8NO4+. The number of hydrogen-bond donors (Lipinski definition) is 2. The van der Waals surface area contributed by atoms with Gasteiger partial charge in [0.15, 0.2) is 6.20 Å². The zero-order valence-electron chi connectivity index (χ0n) is 6.87. The van der Waals surface area contributed by atoms with Crippen LogP contribution in [0.4, 0.5) is 0 Å². The molecule has 0 atom stereocenters. The van der Waals surface area contributed by atoms with E-state index in [2.05, 4.69) is 4.98 Å². The lowest BCUT2D eigenvalue weighted by molar-refractivity contribution is -0.384. The van der Waals surface area contributed by atoms with Crippen LogP contribution in [0.2, 0.25) is 0 Å². The maximum absolute atomic E-state index is 10.6. The van der Waals surface area contributed by atoms with Gasteiger partial charge < -0.3 is 10.2 Å². The molecule has 0 fully saturated rings. The number of aromatic nitrogens is 1. The normalized spacial score (nSPS) is 9.62. The number of carbonyl (C=O) groups is 2. The zero-order valence-corrected chi connectivity index (χ0v) is 6.87. The molecule has 0 bridgehead atoms. The smallest absolute Gasteiger partial charge is 0.402 e. The van der Waals surface area contributed by atoms with E-state index in [9.17, 15) is 9.59 Å². The molecule has 0 unspecified atom stereocenters. The predicted octanol–water partition coefficient (Wildman–Crippen LogP) is 0.206. The van der Waals surface area contributed by atoms with Crippen LogP contribution < -0.4 is 4.98 Å². The van der Waals surface area contributed by atoms with Crippen molar-refractivity contribution in [3.8, 4) is 0 Å². The summed E-state index contributed by atoms with van der Waals surface area (Å²) in [6, 6.07) is 1.31. The third kappa shape index (κ3) is 1.81. The Morgan fingerprint density at radius 2 is 1.92 bits per heavy atom. The molecule has 5 nitrogen and oxygen atoms in total. The van der Waals surface area contributed by atoms with Crippen molar-refractivity contribution in [1.82, 2.24) is 0 Å². The van der Waals surface area contributed by atoms with Gasteiger partial charge in [0.25, 0.3) is 0 Å². The number of aromatic carboxylic acids is 2. The first-order chi connectivity index (χ1) is 6.02. The summed E-state index contributed by atoms with van der Waals surface area (Å²) in [5, 5.41) is 17.3. The largest absolute Gasteiger partial charge is 0.477 e. The standard InChI is InChI=1S/C8H7NO4/c1-4-2-5(7(10)11)6(8(12)13)9-3-4/h2-3H,1H3,(H,10,11)(H,12,13)/p+1. The van der Waals surface area contributed by atoms with E-state index in [0.717, 1.165) is 0 Å². The number of nitrogens with one attached hydrogen (secondary N) is 1. The molecule has 0 aliphatic heterocycles. The summed E-state index contributed by atoms with van der Waals surface area (Å²) in [6.45, 7) is 1.68. The molecule has 68 valence electrons. The Morgan fingerprint density at radius 1 is 1.31 bits per heavy atom. The fraction of sp³-hybridized carbons (Fsp3) is 0.125. The van der Waals surface area contributed by atoms with E-state index in [1.807, 2.05) is 0 Å². The lowest BCUT2D eigenvalue weighted by atomic mass is 10.1. The summed E-state index contributed by atoms with van der Waals surface area (Å²) in [5.41, 5.74) is 0.132. The first-order valence-corrected chi connectivity index (χ1v) is 3.51. The Balaban J connectivity index is 3.35. The van der Waals surface area contributed by atoms with E-state index < -0.39 is 11.9 Å². The highest BCUT2D eigenvalue weighted by Gasteiger charge is 2.22. The Hall–Kier alpha value is -1.91. The van der Waals surface area contributed by atoms with E-state index in [0.29, 0.717) is 5.56 Å². The van der Waals surface area contributed by atoms with Crippen molar-refractivity contribution in [2.24, 2.45) is 0 Å². The van der Waals surface area contributed by atoms with Crippen molar-refractivity contribution in [2.75, 3.05) is 0 Å². The van der Waals surface area contributed by atoms with E-state index in [1.54, 1.807) is 6.92 Å². The van der Waals surface area contributed by atoms with Gasteiger partial charge in [0.1, 0.15) is 5.56 Å². The average Bonchev–Trinajstić information content (AvgIpc) is 2.03. The highest BCUT2D eigenvalue weighted by atomic mass is 16.4. The van der Waals surface area contributed by atoms with Gasteiger partial charge in [0.2, 0.25) is 0 Å². The summed E-state index contributed by atoms with van der Waals surface area (Å²) in [4.78, 5) is 23.5. The number of hydrogen-bond acceptors (Lipinski definition) is 2. The molecule has 1 heterocycles. The maximum atomic E-state index is 10.6. The Labute approximate surface area is 73.7 Å². The summed E-state index contributed by atoms with van der Waals surface area (Å²) < 4.78 is 0. The monoisotopic (exact) mass is 182 g/mol. The first-order valence-electron chi connectivity index (χ1n) is 3.51. The third-order valence-corrected chi connectivity index (χ3v) is 1.53. The minimum absolute atomic E-state index is 0.229. The van der Waals surface area contributed by atoms with Crippen LogP contribution in [0.3, 0.4) is 0 Å². The predicted molar refractivity (Wildman–Crippen MR) is 41.7 cm³/mol. The molecule has 13 heavy (non-hydrogen) atoms. The Kier molecular flexibility index (Phi) is 2.27. The molecule has 0 aliphatic carbocycles. The lowest BCUT2D eigenvalue weighted by Gasteiger charge is -1.95. The number of H-pyrrole nitrogens is 1. The van der Waals surface area contributed by atoms with Crippen molar-refractivity contribution >= 4 is 11.9 Å². The van der Waals surface area contributed by atoms with Gasteiger partial charge in [-0.2, -0.15) is 0 Å². The molecule has 0 spiro atoms. The highest BCUT2D eigenvalue weighted by Crippen LogP contribution is 2.05. The summed E-state index contributed by atoms with van der Waals surface area (Å²) in [6.07, 6.45) is 1.44. The summed E-state index contributed by atoms with van der Waals surface area (Å²) >= 11 is 0. The molecule has 0 radical (unpaired) electrons. The van der Waals surface area contributed by atoms with Crippen LogP contribution in [0.5, 0.6) is 0 Å². The molecule has 3 N–H and O–H groups in total.